The average Bonchev–Trinajstić information content (AvgIpc) is 2.82. The third-order valence-electron chi connectivity index (χ3n) is 4.40. The van der Waals surface area contributed by atoms with E-state index in [4.69, 9.17) is 14.2 Å². The third-order valence-corrected chi connectivity index (χ3v) is 4.40. The van der Waals surface area contributed by atoms with Crippen LogP contribution in [0.1, 0.15) is 83.1 Å². The van der Waals surface area contributed by atoms with E-state index in [1.54, 1.807) is 62.3 Å². The molecule has 0 aromatic rings. The van der Waals surface area contributed by atoms with E-state index in [0.29, 0.717) is 0 Å². The Hall–Kier alpha value is -1.63. The Bertz CT molecular complexity index is 657. The van der Waals surface area contributed by atoms with Crippen molar-refractivity contribution in [2.75, 3.05) is 6.54 Å². The molecule has 3 atom stereocenters. The molecule has 30 heavy (non-hydrogen) atoms. The van der Waals surface area contributed by atoms with Crippen LogP contribution in [-0.2, 0) is 28.6 Å². The molecule has 0 amide bonds. The van der Waals surface area contributed by atoms with Crippen molar-refractivity contribution in [3.8, 4) is 0 Å². The lowest BCUT2D eigenvalue weighted by molar-refractivity contribution is -0.177. The lowest BCUT2D eigenvalue weighted by Gasteiger charge is -2.38. The van der Waals surface area contributed by atoms with Crippen LogP contribution in [0.25, 0.3) is 0 Å². The molecular formula is C23H41NO6. The summed E-state index contributed by atoms with van der Waals surface area (Å²) in [7, 11) is 0. The predicted octanol–water partition coefficient (Wildman–Crippen LogP) is 3.73. The van der Waals surface area contributed by atoms with E-state index in [1.165, 1.54) is 0 Å². The van der Waals surface area contributed by atoms with Crippen molar-refractivity contribution in [3.05, 3.63) is 0 Å². The molecule has 0 aromatic heterocycles. The number of carbonyl (C=O) groups excluding carboxylic acids is 3. The predicted molar refractivity (Wildman–Crippen MR) is 115 cm³/mol. The van der Waals surface area contributed by atoms with Crippen molar-refractivity contribution in [3.63, 3.8) is 0 Å². The van der Waals surface area contributed by atoms with Gasteiger partial charge in [0, 0.05) is 12.1 Å². The second-order valence-electron chi connectivity index (χ2n) is 12.0. The minimum atomic E-state index is -1.02. The van der Waals surface area contributed by atoms with Gasteiger partial charge in [0.15, 0.2) is 0 Å². The number of hydrogen-bond acceptors (Lipinski definition) is 7. The van der Waals surface area contributed by atoms with E-state index in [-0.39, 0.29) is 6.54 Å². The van der Waals surface area contributed by atoms with Crippen LogP contribution in [0.3, 0.4) is 0 Å². The fourth-order valence-corrected chi connectivity index (χ4v) is 3.44. The van der Waals surface area contributed by atoms with E-state index in [1.807, 2.05) is 25.7 Å². The van der Waals surface area contributed by atoms with Crippen molar-refractivity contribution in [2.24, 2.45) is 11.8 Å². The molecule has 0 spiro atoms. The average molecular weight is 428 g/mol. The van der Waals surface area contributed by atoms with Gasteiger partial charge in [-0.15, -0.1) is 0 Å². The number of likely N-dealkylation sites (tertiary alicyclic amines) is 1. The molecule has 1 saturated heterocycles. The summed E-state index contributed by atoms with van der Waals surface area (Å²) >= 11 is 0. The Morgan fingerprint density at radius 3 is 1.37 bits per heavy atom. The van der Waals surface area contributed by atoms with Gasteiger partial charge < -0.3 is 14.2 Å². The number of esters is 3. The molecule has 0 bridgehead atoms. The molecular weight excluding hydrogens is 386 g/mol. The highest BCUT2D eigenvalue weighted by molar-refractivity contribution is 5.91. The van der Waals surface area contributed by atoms with E-state index in [2.05, 4.69) is 0 Å². The molecule has 0 saturated carbocycles. The van der Waals surface area contributed by atoms with Gasteiger partial charge >= 0.3 is 17.9 Å². The van der Waals surface area contributed by atoms with Crippen molar-refractivity contribution < 1.29 is 28.6 Å². The highest BCUT2D eigenvalue weighted by Crippen LogP contribution is 2.39. The molecule has 0 aromatic carbocycles. The van der Waals surface area contributed by atoms with Gasteiger partial charge in [-0.25, -0.2) is 0 Å². The van der Waals surface area contributed by atoms with Gasteiger partial charge in [0.25, 0.3) is 0 Å². The Balaban J connectivity index is 3.48. The first-order valence-electron chi connectivity index (χ1n) is 10.6. The van der Waals surface area contributed by atoms with Crippen LogP contribution in [0.5, 0.6) is 0 Å². The molecule has 0 N–H and O–H groups in total. The highest BCUT2D eigenvalue weighted by atomic mass is 16.6. The summed E-state index contributed by atoms with van der Waals surface area (Å²) in [5, 5.41) is 0. The number of hydrogen-bond donors (Lipinski definition) is 0. The van der Waals surface area contributed by atoms with Gasteiger partial charge in [-0.1, -0.05) is 0 Å². The van der Waals surface area contributed by atoms with Crippen LogP contribution in [0.2, 0.25) is 0 Å². The summed E-state index contributed by atoms with van der Waals surface area (Å²) in [6, 6.07) is -0.948. The number of nitrogens with zero attached hydrogens (tertiary/aromatic N) is 1. The topological polar surface area (TPSA) is 82.1 Å². The molecule has 1 rings (SSSR count). The molecule has 1 aliphatic rings. The Morgan fingerprint density at radius 2 is 1.00 bits per heavy atom. The second-order valence-corrected chi connectivity index (χ2v) is 12.0. The van der Waals surface area contributed by atoms with Crippen molar-refractivity contribution in [2.45, 2.75) is 111 Å². The van der Waals surface area contributed by atoms with E-state index < -0.39 is 58.1 Å². The maximum atomic E-state index is 13.2. The third kappa shape index (κ3) is 7.56. The molecule has 1 aliphatic heterocycles. The van der Waals surface area contributed by atoms with Crippen molar-refractivity contribution in [1.82, 2.24) is 4.90 Å². The monoisotopic (exact) mass is 427 g/mol. The number of ether oxygens (including phenoxy) is 3. The first-order chi connectivity index (χ1) is 13.1. The summed E-state index contributed by atoms with van der Waals surface area (Å²) in [5.74, 6) is -3.51. The van der Waals surface area contributed by atoms with Crippen LogP contribution in [-0.4, -0.2) is 57.7 Å². The Kier molecular flexibility index (Phi) is 7.47. The lowest BCUT2D eigenvalue weighted by atomic mass is 9.89. The van der Waals surface area contributed by atoms with Crippen molar-refractivity contribution in [1.29, 1.82) is 0 Å². The number of carbonyl (C=O) groups is 3. The largest absolute Gasteiger partial charge is 0.460 e. The van der Waals surface area contributed by atoms with E-state index >= 15 is 0 Å². The zero-order valence-electron chi connectivity index (χ0n) is 20.8. The zero-order chi connectivity index (χ0) is 23.9. The van der Waals surface area contributed by atoms with Gasteiger partial charge in [-0.2, -0.15) is 0 Å². The fraction of sp³-hybridized carbons (Fsp3) is 0.870. The summed E-state index contributed by atoms with van der Waals surface area (Å²) < 4.78 is 16.9. The summed E-state index contributed by atoms with van der Waals surface area (Å²) in [6.45, 7) is 21.9. The van der Waals surface area contributed by atoms with Crippen molar-refractivity contribution >= 4 is 17.9 Å². The molecule has 1 fully saturated rings. The summed E-state index contributed by atoms with van der Waals surface area (Å²) in [6.07, 6.45) is 0. The van der Waals surface area contributed by atoms with E-state index in [0.717, 1.165) is 0 Å². The van der Waals surface area contributed by atoms with Gasteiger partial charge in [-0.05, 0) is 83.1 Å². The highest BCUT2D eigenvalue weighted by Gasteiger charge is 2.57. The standard InChI is InChI=1S/C23H41NO6/c1-20(2,3)24-13-14(17(25)28-21(4,5)6)15(18(26)29-22(7,8)9)16(24)19(27)30-23(10,11)12/h14-16H,13H2,1-12H3. The maximum absolute atomic E-state index is 13.2. The molecule has 3 unspecified atom stereocenters. The van der Waals surface area contributed by atoms with Gasteiger partial charge in [0.2, 0.25) is 0 Å². The van der Waals surface area contributed by atoms with Crippen LogP contribution in [0.15, 0.2) is 0 Å². The minimum absolute atomic E-state index is 0.201. The Morgan fingerprint density at radius 1 is 0.633 bits per heavy atom. The molecule has 0 aliphatic carbocycles. The molecule has 174 valence electrons. The van der Waals surface area contributed by atoms with Crippen LogP contribution >= 0.6 is 0 Å². The maximum Gasteiger partial charge on any atom is 0.324 e. The normalized spacial score (nSPS) is 23.8. The quantitative estimate of drug-likeness (QED) is 0.501. The van der Waals surface area contributed by atoms with Crippen LogP contribution < -0.4 is 0 Å². The van der Waals surface area contributed by atoms with E-state index in [9.17, 15) is 14.4 Å². The molecule has 0 radical (unpaired) electrons. The zero-order valence-corrected chi connectivity index (χ0v) is 20.8. The summed E-state index contributed by atoms with van der Waals surface area (Å²) in [5.41, 5.74) is -2.70. The van der Waals surface area contributed by atoms with Crippen LogP contribution in [0.4, 0.5) is 0 Å². The number of rotatable bonds is 3. The first kappa shape index (κ1) is 26.4. The lowest BCUT2D eigenvalue weighted by Crippen LogP contribution is -2.53. The molecule has 7 nitrogen and oxygen atoms in total. The second kappa shape index (κ2) is 8.48. The minimum Gasteiger partial charge on any atom is -0.460 e. The molecule has 1 heterocycles. The molecule has 7 heteroatoms. The SMILES string of the molecule is CC(C)(C)OC(=O)C1CN(C(C)(C)C)C(C(=O)OC(C)(C)C)C1C(=O)OC(C)(C)C. The van der Waals surface area contributed by atoms with Gasteiger partial charge in [0.05, 0.1) is 11.8 Å². The van der Waals surface area contributed by atoms with Gasteiger partial charge in [-0.3, -0.25) is 19.3 Å². The summed E-state index contributed by atoms with van der Waals surface area (Å²) in [4.78, 5) is 41.4. The Labute approximate surface area is 181 Å². The smallest absolute Gasteiger partial charge is 0.324 e. The van der Waals surface area contributed by atoms with Crippen LogP contribution in [0, 0.1) is 11.8 Å². The fourth-order valence-electron chi connectivity index (χ4n) is 3.44. The first-order valence-corrected chi connectivity index (χ1v) is 10.6. The van der Waals surface area contributed by atoms with Gasteiger partial charge in [0.1, 0.15) is 22.8 Å².